The molecule has 2 amide bonds. The van der Waals surface area contributed by atoms with Crippen molar-refractivity contribution in [3.05, 3.63) is 75.6 Å². The van der Waals surface area contributed by atoms with Crippen molar-refractivity contribution in [3.8, 4) is 5.75 Å². The van der Waals surface area contributed by atoms with Crippen LogP contribution >= 0.6 is 11.6 Å². The highest BCUT2D eigenvalue weighted by molar-refractivity contribution is 6.32. The minimum atomic E-state index is -0.315. The number of carbonyl (C=O) groups is 2. The van der Waals surface area contributed by atoms with Gasteiger partial charge in [0.25, 0.3) is 11.8 Å². The number of halogens is 1. The first-order valence-corrected chi connectivity index (χ1v) is 11.7. The zero-order chi connectivity index (χ0) is 24.8. The molecule has 2 aromatic carbocycles. The molecule has 2 N–H and O–H groups in total. The summed E-state index contributed by atoms with van der Waals surface area (Å²) in [6, 6.07) is 11.0. The summed E-state index contributed by atoms with van der Waals surface area (Å²) in [6.45, 7) is 11.3. The average Bonchev–Trinajstić information content (AvgIpc) is 3.22. The maximum atomic E-state index is 12.8. The van der Waals surface area contributed by atoms with E-state index in [1.54, 1.807) is 23.0 Å². The molecule has 0 aliphatic rings. The number of hydrogen-bond acceptors (Lipinski definition) is 4. The van der Waals surface area contributed by atoms with Crippen molar-refractivity contribution in [3.63, 3.8) is 0 Å². The largest absolute Gasteiger partial charge is 0.489 e. The molecule has 0 bridgehead atoms. The number of benzene rings is 2. The first kappa shape index (κ1) is 25.3. The maximum absolute atomic E-state index is 12.8. The number of anilines is 1. The van der Waals surface area contributed by atoms with E-state index in [2.05, 4.69) is 15.7 Å². The summed E-state index contributed by atoms with van der Waals surface area (Å²) in [5.74, 6) is 0.435. The second-order valence-corrected chi connectivity index (χ2v) is 9.04. The predicted octanol–water partition coefficient (Wildman–Crippen LogP) is 5.39. The Labute approximate surface area is 205 Å². The molecular weight excluding hydrogens is 452 g/mol. The van der Waals surface area contributed by atoms with Crippen LogP contribution in [0.4, 0.5) is 5.69 Å². The van der Waals surface area contributed by atoms with E-state index in [-0.39, 0.29) is 17.5 Å². The van der Waals surface area contributed by atoms with E-state index in [0.717, 1.165) is 27.5 Å². The van der Waals surface area contributed by atoms with Crippen molar-refractivity contribution >= 4 is 29.1 Å². The van der Waals surface area contributed by atoms with Crippen molar-refractivity contribution in [2.45, 2.75) is 47.8 Å². The Morgan fingerprint density at radius 2 is 1.74 bits per heavy atom. The van der Waals surface area contributed by atoms with E-state index in [0.29, 0.717) is 36.9 Å². The van der Waals surface area contributed by atoms with Crippen LogP contribution in [0.15, 0.2) is 42.6 Å². The Morgan fingerprint density at radius 1 is 1.09 bits per heavy atom. The number of nitrogens with zero attached hydrogens (tertiary/aromatic N) is 2. The van der Waals surface area contributed by atoms with Gasteiger partial charge in [-0.25, -0.2) is 0 Å². The minimum absolute atomic E-state index is 0.203. The number of rotatable bonds is 9. The van der Waals surface area contributed by atoms with Crippen molar-refractivity contribution in [1.82, 2.24) is 15.1 Å². The molecule has 8 heteroatoms. The Morgan fingerprint density at radius 3 is 2.32 bits per heavy atom. The fraction of sp³-hybridized carbons (Fsp3) is 0.346. The highest BCUT2D eigenvalue weighted by atomic mass is 35.5. The van der Waals surface area contributed by atoms with E-state index in [1.165, 1.54) is 0 Å². The second-order valence-electron chi connectivity index (χ2n) is 8.66. The number of aromatic nitrogens is 2. The van der Waals surface area contributed by atoms with Gasteiger partial charge in [0.1, 0.15) is 12.4 Å². The molecule has 7 nitrogen and oxygen atoms in total. The van der Waals surface area contributed by atoms with Gasteiger partial charge >= 0.3 is 0 Å². The quantitative estimate of drug-likeness (QED) is 0.428. The van der Waals surface area contributed by atoms with Gasteiger partial charge in [0.05, 0.1) is 5.69 Å². The lowest BCUT2D eigenvalue weighted by Gasteiger charge is -2.11. The van der Waals surface area contributed by atoms with Gasteiger partial charge in [0.2, 0.25) is 0 Å². The molecule has 0 fully saturated rings. The van der Waals surface area contributed by atoms with Crippen LogP contribution in [-0.2, 0) is 13.2 Å². The summed E-state index contributed by atoms with van der Waals surface area (Å²) < 4.78 is 7.51. The lowest BCUT2D eigenvalue weighted by atomic mass is 10.1. The van der Waals surface area contributed by atoms with E-state index in [4.69, 9.17) is 16.3 Å². The standard InChI is InChI=1S/C26H31ClN4O3/c1-6-31-14-22(24(30-31)26(33)28-13-16(2)3)29-25(32)20-9-7-19(8-10-20)15-34-21-11-17(4)23(27)18(5)12-21/h7-12,14,16H,6,13,15H2,1-5H3,(H,28,33)(H,29,32). The summed E-state index contributed by atoms with van der Waals surface area (Å²) >= 11 is 6.22. The van der Waals surface area contributed by atoms with Gasteiger partial charge in [0.15, 0.2) is 5.69 Å². The molecule has 0 unspecified atom stereocenters. The molecule has 0 aliphatic heterocycles. The fourth-order valence-corrected chi connectivity index (χ4v) is 3.44. The third-order valence-electron chi connectivity index (χ3n) is 5.25. The van der Waals surface area contributed by atoms with Gasteiger partial charge in [-0.1, -0.05) is 37.6 Å². The minimum Gasteiger partial charge on any atom is -0.489 e. The molecule has 180 valence electrons. The number of amides is 2. The van der Waals surface area contributed by atoms with Crippen LogP contribution in [0.3, 0.4) is 0 Å². The lowest BCUT2D eigenvalue weighted by molar-refractivity contribution is 0.0944. The van der Waals surface area contributed by atoms with Gasteiger partial charge in [-0.2, -0.15) is 5.10 Å². The van der Waals surface area contributed by atoms with E-state index >= 15 is 0 Å². The molecule has 34 heavy (non-hydrogen) atoms. The maximum Gasteiger partial charge on any atom is 0.273 e. The van der Waals surface area contributed by atoms with Crippen LogP contribution in [0.2, 0.25) is 5.02 Å². The molecule has 0 atom stereocenters. The van der Waals surface area contributed by atoms with Crippen LogP contribution in [-0.4, -0.2) is 28.1 Å². The van der Waals surface area contributed by atoms with Crippen molar-refractivity contribution in [2.24, 2.45) is 5.92 Å². The zero-order valence-corrected chi connectivity index (χ0v) is 21.0. The zero-order valence-electron chi connectivity index (χ0n) is 20.2. The molecular formula is C26H31ClN4O3. The molecule has 0 saturated carbocycles. The van der Waals surface area contributed by atoms with Crippen LogP contribution in [0.1, 0.15) is 58.3 Å². The lowest BCUT2D eigenvalue weighted by Crippen LogP contribution is -2.28. The monoisotopic (exact) mass is 482 g/mol. The van der Waals surface area contributed by atoms with E-state index < -0.39 is 0 Å². The first-order chi connectivity index (χ1) is 16.2. The SMILES string of the molecule is CCn1cc(NC(=O)c2ccc(COc3cc(C)c(Cl)c(C)c3)cc2)c(C(=O)NCC(C)C)n1. The van der Waals surface area contributed by atoms with Crippen LogP contribution in [0, 0.1) is 19.8 Å². The molecule has 0 spiro atoms. The van der Waals surface area contributed by atoms with Gasteiger partial charge in [-0.05, 0) is 67.6 Å². The Kier molecular flexibility index (Phi) is 8.34. The summed E-state index contributed by atoms with van der Waals surface area (Å²) in [6.07, 6.45) is 1.67. The van der Waals surface area contributed by atoms with Crippen LogP contribution in [0.25, 0.3) is 0 Å². The van der Waals surface area contributed by atoms with Crippen molar-refractivity contribution in [2.75, 3.05) is 11.9 Å². The number of ether oxygens (including phenoxy) is 1. The first-order valence-electron chi connectivity index (χ1n) is 11.3. The summed E-state index contributed by atoms with van der Waals surface area (Å²) in [5.41, 5.74) is 3.91. The number of carbonyl (C=O) groups excluding carboxylic acids is 2. The molecule has 0 radical (unpaired) electrons. The number of hydrogen-bond donors (Lipinski definition) is 2. The third kappa shape index (κ3) is 6.38. The molecule has 1 aromatic heterocycles. The highest BCUT2D eigenvalue weighted by Crippen LogP contribution is 2.26. The topological polar surface area (TPSA) is 85.2 Å². The van der Waals surface area contributed by atoms with Crippen molar-refractivity contribution in [1.29, 1.82) is 0 Å². The summed E-state index contributed by atoms with van der Waals surface area (Å²) in [7, 11) is 0. The summed E-state index contributed by atoms with van der Waals surface area (Å²) in [4.78, 5) is 25.4. The molecule has 3 rings (SSSR count). The van der Waals surface area contributed by atoms with Crippen LogP contribution in [0.5, 0.6) is 5.75 Å². The van der Waals surface area contributed by atoms with Crippen molar-refractivity contribution < 1.29 is 14.3 Å². The Hall–Kier alpha value is -3.32. The molecule has 3 aromatic rings. The normalized spacial score (nSPS) is 10.9. The average molecular weight is 483 g/mol. The van der Waals surface area contributed by atoms with Crippen LogP contribution < -0.4 is 15.4 Å². The molecule has 1 heterocycles. The molecule has 0 aliphatic carbocycles. The van der Waals surface area contributed by atoms with Gasteiger partial charge < -0.3 is 15.4 Å². The fourth-order valence-electron chi connectivity index (χ4n) is 3.33. The van der Waals surface area contributed by atoms with Gasteiger partial charge in [0, 0.05) is 29.9 Å². The predicted molar refractivity (Wildman–Crippen MR) is 135 cm³/mol. The van der Waals surface area contributed by atoms with Gasteiger partial charge in [-0.3, -0.25) is 14.3 Å². The Bertz CT molecular complexity index is 1150. The number of aryl methyl sites for hydroxylation is 3. The second kappa shape index (κ2) is 11.2. The molecule has 0 saturated heterocycles. The third-order valence-corrected chi connectivity index (χ3v) is 5.85. The smallest absolute Gasteiger partial charge is 0.273 e. The Balaban J connectivity index is 1.66. The number of nitrogens with one attached hydrogen (secondary N) is 2. The highest BCUT2D eigenvalue weighted by Gasteiger charge is 2.19. The van der Waals surface area contributed by atoms with Gasteiger partial charge in [-0.15, -0.1) is 0 Å². The van der Waals surface area contributed by atoms with E-state index in [1.807, 2.05) is 58.9 Å². The summed E-state index contributed by atoms with van der Waals surface area (Å²) in [5, 5.41) is 10.7. The van der Waals surface area contributed by atoms with E-state index in [9.17, 15) is 9.59 Å².